The van der Waals surface area contributed by atoms with Gasteiger partial charge < -0.3 is 9.47 Å². The summed E-state index contributed by atoms with van der Waals surface area (Å²) in [6.45, 7) is 4.75. The van der Waals surface area contributed by atoms with Crippen LogP contribution in [0.4, 0.5) is 0 Å². The van der Waals surface area contributed by atoms with Crippen LogP contribution in [0.25, 0.3) is 10.1 Å². The lowest BCUT2D eigenvalue weighted by Crippen LogP contribution is -2.17. The van der Waals surface area contributed by atoms with Gasteiger partial charge in [0.1, 0.15) is 11.9 Å². The molecule has 0 aliphatic carbocycles. The van der Waals surface area contributed by atoms with E-state index in [0.717, 1.165) is 5.75 Å². The molecule has 0 aliphatic heterocycles. The molecular formula is C13H16O2S. The number of thiophene rings is 1. The van der Waals surface area contributed by atoms with E-state index >= 15 is 0 Å². The smallest absolute Gasteiger partial charge is 0.120 e. The predicted octanol–water partition coefficient (Wildman–Crippen LogP) is 3.62. The summed E-state index contributed by atoms with van der Waals surface area (Å²) < 4.78 is 12.1. The second-order valence-electron chi connectivity index (χ2n) is 3.96. The predicted molar refractivity (Wildman–Crippen MR) is 68.5 cm³/mol. The number of benzene rings is 1. The van der Waals surface area contributed by atoms with Gasteiger partial charge in [0.2, 0.25) is 0 Å². The fraction of sp³-hybridized carbons (Fsp3) is 0.385. The van der Waals surface area contributed by atoms with Gasteiger partial charge in [-0.1, -0.05) is 0 Å². The van der Waals surface area contributed by atoms with Crippen LogP contribution >= 0.6 is 11.3 Å². The number of hydrogen-bond acceptors (Lipinski definition) is 3. The Kier molecular flexibility index (Phi) is 3.46. The van der Waals surface area contributed by atoms with Crippen molar-refractivity contribution >= 4 is 21.4 Å². The molecule has 1 aromatic heterocycles. The molecule has 3 heteroatoms. The van der Waals surface area contributed by atoms with Crippen molar-refractivity contribution in [1.29, 1.82) is 0 Å². The molecule has 2 aromatic rings. The van der Waals surface area contributed by atoms with E-state index < -0.39 is 0 Å². The van der Waals surface area contributed by atoms with Gasteiger partial charge >= 0.3 is 0 Å². The summed E-state index contributed by atoms with van der Waals surface area (Å²) in [5, 5.41) is 3.46. The first kappa shape index (κ1) is 11.4. The van der Waals surface area contributed by atoms with Gasteiger partial charge in [0.25, 0.3) is 0 Å². The van der Waals surface area contributed by atoms with Crippen LogP contribution in [-0.2, 0) is 4.74 Å². The second kappa shape index (κ2) is 4.85. The molecule has 2 rings (SSSR count). The Morgan fingerprint density at radius 1 is 1.38 bits per heavy atom. The topological polar surface area (TPSA) is 18.5 Å². The normalized spacial score (nSPS) is 12.9. The average Bonchev–Trinajstić information content (AvgIpc) is 2.61. The molecule has 1 atom stereocenters. The molecule has 0 aliphatic rings. The number of hydrogen-bond donors (Lipinski definition) is 0. The van der Waals surface area contributed by atoms with Crippen LogP contribution in [0.15, 0.2) is 23.6 Å². The Labute approximate surface area is 99.8 Å². The van der Waals surface area contributed by atoms with E-state index in [0.29, 0.717) is 6.61 Å². The summed E-state index contributed by atoms with van der Waals surface area (Å²) in [5.41, 5.74) is 1.31. The van der Waals surface area contributed by atoms with E-state index in [1.165, 1.54) is 15.6 Å². The Balaban J connectivity index is 2.21. The molecule has 0 spiro atoms. The molecule has 0 N–H and O–H groups in total. The van der Waals surface area contributed by atoms with Crippen LogP contribution in [-0.4, -0.2) is 19.8 Å². The van der Waals surface area contributed by atoms with Gasteiger partial charge in [0.05, 0.1) is 6.61 Å². The molecular weight excluding hydrogens is 220 g/mol. The van der Waals surface area contributed by atoms with Crippen molar-refractivity contribution in [3.05, 3.63) is 29.1 Å². The minimum Gasteiger partial charge on any atom is -0.488 e. The van der Waals surface area contributed by atoms with E-state index in [4.69, 9.17) is 9.47 Å². The molecule has 0 bridgehead atoms. The van der Waals surface area contributed by atoms with Crippen molar-refractivity contribution in [3.63, 3.8) is 0 Å². The third-order valence-electron chi connectivity index (χ3n) is 2.48. The van der Waals surface area contributed by atoms with E-state index in [1.807, 2.05) is 13.0 Å². The van der Waals surface area contributed by atoms with Gasteiger partial charge in [-0.15, -0.1) is 11.3 Å². The molecule has 0 amide bonds. The zero-order chi connectivity index (χ0) is 11.5. The third-order valence-corrected chi connectivity index (χ3v) is 3.56. The van der Waals surface area contributed by atoms with E-state index in [1.54, 1.807) is 18.4 Å². The Hall–Kier alpha value is -1.06. The largest absolute Gasteiger partial charge is 0.488 e. The quantitative estimate of drug-likeness (QED) is 0.807. The molecule has 1 aromatic carbocycles. The summed E-state index contributed by atoms with van der Waals surface area (Å²) in [6, 6.07) is 6.24. The molecule has 2 nitrogen and oxygen atoms in total. The standard InChI is InChI=1S/C13H16O2S/c1-9-8-16-13-5-4-11(6-12(9)13)15-10(2)7-14-3/h4-6,8,10H,7H2,1-3H3. The first-order valence-corrected chi connectivity index (χ1v) is 6.22. The number of fused-ring (bicyclic) bond motifs is 1. The average molecular weight is 236 g/mol. The molecule has 1 heterocycles. The highest BCUT2D eigenvalue weighted by atomic mass is 32.1. The fourth-order valence-electron chi connectivity index (χ4n) is 1.71. The zero-order valence-electron chi connectivity index (χ0n) is 9.82. The van der Waals surface area contributed by atoms with Crippen molar-refractivity contribution in [2.75, 3.05) is 13.7 Å². The Morgan fingerprint density at radius 3 is 2.94 bits per heavy atom. The maximum absolute atomic E-state index is 5.77. The highest BCUT2D eigenvalue weighted by molar-refractivity contribution is 7.17. The lowest BCUT2D eigenvalue weighted by atomic mass is 10.2. The molecule has 0 radical (unpaired) electrons. The first-order valence-electron chi connectivity index (χ1n) is 5.34. The van der Waals surface area contributed by atoms with Gasteiger partial charge in [-0.3, -0.25) is 0 Å². The molecule has 0 fully saturated rings. The number of rotatable bonds is 4. The summed E-state index contributed by atoms with van der Waals surface area (Å²) >= 11 is 1.77. The van der Waals surface area contributed by atoms with Crippen molar-refractivity contribution < 1.29 is 9.47 Å². The van der Waals surface area contributed by atoms with Crippen LogP contribution in [0.5, 0.6) is 5.75 Å². The van der Waals surface area contributed by atoms with E-state index in [-0.39, 0.29) is 6.10 Å². The summed E-state index contributed by atoms with van der Waals surface area (Å²) in [7, 11) is 1.69. The van der Waals surface area contributed by atoms with E-state index in [9.17, 15) is 0 Å². The van der Waals surface area contributed by atoms with E-state index in [2.05, 4.69) is 24.4 Å². The van der Waals surface area contributed by atoms with Crippen molar-refractivity contribution in [2.45, 2.75) is 20.0 Å². The minimum atomic E-state index is 0.0846. The highest BCUT2D eigenvalue weighted by Crippen LogP contribution is 2.29. The Morgan fingerprint density at radius 2 is 2.19 bits per heavy atom. The van der Waals surface area contributed by atoms with Crippen molar-refractivity contribution in [3.8, 4) is 5.75 Å². The number of aryl methyl sites for hydroxylation is 1. The van der Waals surface area contributed by atoms with Crippen LogP contribution in [0.2, 0.25) is 0 Å². The monoisotopic (exact) mass is 236 g/mol. The SMILES string of the molecule is COCC(C)Oc1ccc2scc(C)c2c1. The molecule has 0 saturated carbocycles. The number of methoxy groups -OCH3 is 1. The summed E-state index contributed by atoms with van der Waals surface area (Å²) in [4.78, 5) is 0. The van der Waals surface area contributed by atoms with Gasteiger partial charge in [0, 0.05) is 11.8 Å². The maximum Gasteiger partial charge on any atom is 0.120 e. The lowest BCUT2D eigenvalue weighted by Gasteiger charge is -2.13. The molecule has 86 valence electrons. The highest BCUT2D eigenvalue weighted by Gasteiger charge is 2.06. The fourth-order valence-corrected chi connectivity index (χ4v) is 2.63. The summed E-state index contributed by atoms with van der Waals surface area (Å²) in [5.74, 6) is 0.915. The van der Waals surface area contributed by atoms with Crippen LogP contribution in [0, 0.1) is 6.92 Å². The van der Waals surface area contributed by atoms with Crippen molar-refractivity contribution in [1.82, 2.24) is 0 Å². The molecule has 0 saturated heterocycles. The third kappa shape index (κ3) is 2.36. The molecule has 1 unspecified atom stereocenters. The van der Waals surface area contributed by atoms with Gasteiger partial charge in [-0.2, -0.15) is 0 Å². The molecule has 16 heavy (non-hydrogen) atoms. The van der Waals surface area contributed by atoms with Crippen LogP contribution in [0.3, 0.4) is 0 Å². The van der Waals surface area contributed by atoms with Crippen molar-refractivity contribution in [2.24, 2.45) is 0 Å². The van der Waals surface area contributed by atoms with Gasteiger partial charge in [0.15, 0.2) is 0 Å². The van der Waals surface area contributed by atoms with Crippen LogP contribution in [0.1, 0.15) is 12.5 Å². The maximum atomic E-state index is 5.77. The van der Waals surface area contributed by atoms with Gasteiger partial charge in [-0.05, 0) is 48.4 Å². The van der Waals surface area contributed by atoms with Crippen LogP contribution < -0.4 is 4.74 Å². The summed E-state index contributed by atoms with van der Waals surface area (Å²) in [6.07, 6.45) is 0.0846. The number of ether oxygens (including phenoxy) is 2. The minimum absolute atomic E-state index is 0.0846. The Bertz CT molecular complexity index is 476. The second-order valence-corrected chi connectivity index (χ2v) is 4.87. The van der Waals surface area contributed by atoms with Gasteiger partial charge in [-0.25, -0.2) is 0 Å². The lowest BCUT2D eigenvalue weighted by molar-refractivity contribution is 0.0922. The zero-order valence-corrected chi connectivity index (χ0v) is 10.6. The first-order chi connectivity index (χ1) is 7.70.